The van der Waals surface area contributed by atoms with Gasteiger partial charge in [-0.2, -0.15) is 0 Å². The van der Waals surface area contributed by atoms with Gasteiger partial charge in [-0.25, -0.2) is 0 Å². The van der Waals surface area contributed by atoms with Crippen molar-refractivity contribution in [2.24, 2.45) is 0 Å². The Balaban J connectivity index is 1.47. The maximum atomic E-state index is 11.6. The Labute approximate surface area is 174 Å². The third kappa shape index (κ3) is 3.80. The van der Waals surface area contributed by atoms with Crippen LogP contribution in [0.5, 0.6) is 5.75 Å². The highest BCUT2D eigenvalue weighted by Gasteiger charge is 2.23. The monoisotopic (exact) mass is 395 g/mol. The minimum atomic E-state index is -1.99. The number of rotatable bonds is 6. The van der Waals surface area contributed by atoms with E-state index in [4.69, 9.17) is 4.11 Å². The van der Waals surface area contributed by atoms with Crippen LogP contribution in [0, 0.1) is 0 Å². The molecule has 2 atom stereocenters. The molecular weight excluding hydrogens is 364 g/mol. The van der Waals surface area contributed by atoms with Gasteiger partial charge in [0.25, 0.3) is 0 Å². The topological polar surface area (TPSA) is 85.3 Å². The van der Waals surface area contributed by atoms with E-state index < -0.39 is 13.0 Å². The molecule has 3 aromatic rings. The summed E-state index contributed by atoms with van der Waals surface area (Å²) in [4.78, 5) is 14.2. The third-order valence-electron chi connectivity index (χ3n) is 5.89. The summed E-state index contributed by atoms with van der Waals surface area (Å²) in [7, 11) is 0. The third-order valence-corrected chi connectivity index (χ3v) is 5.89. The van der Waals surface area contributed by atoms with Crippen LogP contribution in [0.3, 0.4) is 0 Å². The van der Waals surface area contributed by atoms with Crippen LogP contribution in [-0.4, -0.2) is 27.8 Å². The lowest BCUT2D eigenvalue weighted by Gasteiger charge is -2.18. The van der Waals surface area contributed by atoms with Gasteiger partial charge < -0.3 is 20.5 Å². The Hall–Kier alpha value is -2.63. The predicted octanol–water partition coefficient (Wildman–Crippen LogP) is 3.15. The number of aliphatic hydroxyl groups is 1. The molecule has 0 bridgehead atoms. The average Bonchev–Trinajstić information content (AvgIpc) is 3.12. The van der Waals surface area contributed by atoms with Crippen LogP contribution in [0.15, 0.2) is 41.2 Å². The van der Waals surface area contributed by atoms with Crippen LogP contribution in [0.1, 0.15) is 51.8 Å². The molecule has 1 aromatic heterocycles. The molecule has 0 amide bonds. The average molecular weight is 396 g/mol. The van der Waals surface area contributed by atoms with E-state index in [1.54, 1.807) is 12.1 Å². The van der Waals surface area contributed by atoms with Crippen LogP contribution in [0.4, 0.5) is 0 Å². The molecule has 4 N–H and O–H groups in total. The second-order valence-corrected chi connectivity index (χ2v) is 7.73. The number of phenols is 1. The van der Waals surface area contributed by atoms with E-state index >= 15 is 0 Å². The van der Waals surface area contributed by atoms with Crippen molar-refractivity contribution in [2.75, 3.05) is 6.54 Å². The fourth-order valence-electron chi connectivity index (χ4n) is 4.35. The molecule has 1 aliphatic rings. The van der Waals surface area contributed by atoms with E-state index in [1.165, 1.54) is 23.3 Å². The minimum Gasteiger partial charge on any atom is -0.506 e. The number of aryl methyl sites for hydroxylation is 2. The van der Waals surface area contributed by atoms with Crippen LogP contribution in [0.25, 0.3) is 10.9 Å². The first-order valence-electron chi connectivity index (χ1n) is 11.5. The molecule has 152 valence electrons. The number of H-pyrrole nitrogens is 1. The summed E-state index contributed by atoms with van der Waals surface area (Å²) in [6.45, 7) is 0.372. The molecular formula is C24H28N2O3. The molecule has 5 heteroatoms. The summed E-state index contributed by atoms with van der Waals surface area (Å²) in [6.07, 6.45) is 1.67. The van der Waals surface area contributed by atoms with Crippen LogP contribution in [0.2, 0.25) is 0 Å². The Morgan fingerprint density at radius 2 is 1.90 bits per heavy atom. The molecule has 1 unspecified atom stereocenters. The Kier molecular flexibility index (Phi) is 4.47. The lowest BCUT2D eigenvalue weighted by Crippen LogP contribution is -2.33. The predicted molar refractivity (Wildman–Crippen MR) is 116 cm³/mol. The van der Waals surface area contributed by atoms with Gasteiger partial charge in [0.05, 0.1) is 11.6 Å². The number of aromatic nitrogens is 1. The zero-order chi connectivity index (χ0) is 23.0. The molecule has 1 heterocycles. The fraction of sp³-hybridized carbons (Fsp3) is 0.375. The first-order valence-corrected chi connectivity index (χ1v) is 10.0. The number of hydrogen-bond donors (Lipinski definition) is 4. The number of aromatic amines is 1. The molecule has 5 nitrogen and oxygen atoms in total. The maximum absolute atomic E-state index is 11.6. The highest BCUT2D eigenvalue weighted by atomic mass is 16.3. The van der Waals surface area contributed by atoms with Gasteiger partial charge >= 0.3 is 0 Å². The van der Waals surface area contributed by atoms with E-state index in [2.05, 4.69) is 16.4 Å². The normalized spacial score (nSPS) is 18.8. The van der Waals surface area contributed by atoms with Gasteiger partial charge in [0.2, 0.25) is 5.56 Å². The summed E-state index contributed by atoms with van der Waals surface area (Å²) < 4.78 is 22.8. The van der Waals surface area contributed by atoms with Gasteiger partial charge in [-0.1, -0.05) is 32.0 Å². The molecule has 0 aliphatic heterocycles. The number of hydrogen-bond acceptors (Lipinski definition) is 4. The van der Waals surface area contributed by atoms with Crippen molar-refractivity contribution in [3.05, 3.63) is 74.6 Å². The van der Waals surface area contributed by atoms with Crippen LogP contribution >= 0.6 is 0 Å². The lowest BCUT2D eigenvalue weighted by atomic mass is 9.97. The van der Waals surface area contributed by atoms with E-state index in [0.717, 1.165) is 30.4 Å². The number of pyridine rings is 1. The minimum absolute atomic E-state index is 0.0348. The largest absolute Gasteiger partial charge is 0.506 e. The van der Waals surface area contributed by atoms with Crippen molar-refractivity contribution in [3.8, 4) is 5.75 Å². The summed E-state index contributed by atoms with van der Waals surface area (Å²) in [5.74, 6) is -0.0348. The number of aromatic hydroxyl groups is 1. The molecule has 0 radical (unpaired) electrons. The van der Waals surface area contributed by atoms with Crippen LogP contribution in [-0.2, 0) is 25.7 Å². The van der Waals surface area contributed by atoms with Crippen LogP contribution < -0.4 is 10.9 Å². The molecule has 4 rings (SSSR count). The Morgan fingerprint density at radius 3 is 2.59 bits per heavy atom. The maximum Gasteiger partial charge on any atom is 0.248 e. The van der Waals surface area contributed by atoms with E-state index in [-0.39, 0.29) is 23.8 Å². The molecule has 1 aliphatic carbocycles. The number of fused-ring (bicyclic) bond motifs is 2. The fourth-order valence-corrected chi connectivity index (χ4v) is 4.35. The van der Waals surface area contributed by atoms with Crippen molar-refractivity contribution < 1.29 is 14.3 Å². The van der Waals surface area contributed by atoms with Crippen molar-refractivity contribution >= 4 is 10.9 Å². The van der Waals surface area contributed by atoms with Crippen molar-refractivity contribution in [3.63, 3.8) is 0 Å². The Morgan fingerprint density at radius 1 is 1.17 bits per heavy atom. The first-order chi connectivity index (χ1) is 15.1. The molecule has 0 saturated heterocycles. The molecule has 0 fully saturated rings. The van der Waals surface area contributed by atoms with Gasteiger partial charge in [-0.05, 0) is 65.6 Å². The van der Waals surface area contributed by atoms with E-state index in [1.807, 2.05) is 13.0 Å². The van der Waals surface area contributed by atoms with E-state index in [0.29, 0.717) is 23.0 Å². The highest BCUT2D eigenvalue weighted by molar-refractivity contribution is 5.87. The van der Waals surface area contributed by atoms with Gasteiger partial charge in [-0.15, -0.1) is 0 Å². The van der Waals surface area contributed by atoms with Gasteiger partial charge in [0.1, 0.15) is 5.75 Å². The highest BCUT2D eigenvalue weighted by Crippen LogP contribution is 2.30. The zero-order valence-electron chi connectivity index (χ0n) is 19.5. The van der Waals surface area contributed by atoms with Gasteiger partial charge in [-0.3, -0.25) is 4.79 Å². The number of phenolic OH excluding ortho intramolecular Hbond substituents is 1. The summed E-state index contributed by atoms with van der Waals surface area (Å²) >= 11 is 0. The second kappa shape index (κ2) is 8.01. The standard InChI is InChI=1S/C24H28N2O3/c1-3-14-9-16-11-18(12-17(16)10-15(14)4-2)25-13-22(28)19-5-7-21(27)24-20(19)6-8-23(29)26-24/h5-10,18,22,25,27-28H,3-4,11-13H2,1-2H3,(H,26,29)/t22-/m0/s1/i1D3/t18?,22-. The van der Waals surface area contributed by atoms with Gasteiger partial charge in [0.15, 0.2) is 0 Å². The number of nitrogens with one attached hydrogen (secondary N) is 2. The van der Waals surface area contributed by atoms with Crippen molar-refractivity contribution in [1.29, 1.82) is 0 Å². The first kappa shape index (κ1) is 16.2. The molecule has 2 aromatic carbocycles. The zero-order valence-corrected chi connectivity index (χ0v) is 16.5. The van der Waals surface area contributed by atoms with Crippen molar-refractivity contribution in [2.45, 2.75) is 51.6 Å². The smallest absolute Gasteiger partial charge is 0.248 e. The SMILES string of the molecule is [2H]C([2H])([2H])Cc1cc2c(cc1CC)CC(NC[C@H](O)c1ccc(O)c3[nH]c(=O)ccc13)C2. The Bertz CT molecular complexity index is 1200. The lowest BCUT2D eigenvalue weighted by molar-refractivity contribution is 0.171. The summed E-state index contributed by atoms with van der Waals surface area (Å²) in [5, 5.41) is 24.9. The number of benzene rings is 2. The summed E-state index contributed by atoms with van der Waals surface area (Å²) in [5.41, 5.74) is 5.02. The molecule has 29 heavy (non-hydrogen) atoms. The number of aliphatic hydroxyl groups excluding tert-OH is 1. The second-order valence-electron chi connectivity index (χ2n) is 7.73. The summed E-state index contributed by atoms with van der Waals surface area (Å²) in [6, 6.07) is 10.5. The van der Waals surface area contributed by atoms with E-state index in [9.17, 15) is 15.0 Å². The van der Waals surface area contributed by atoms with Gasteiger partial charge in [0, 0.05) is 28.2 Å². The molecule has 0 spiro atoms. The quantitative estimate of drug-likeness (QED) is 0.517. The molecule has 0 saturated carbocycles. The van der Waals surface area contributed by atoms with Crippen molar-refractivity contribution in [1.82, 2.24) is 10.3 Å².